The lowest BCUT2D eigenvalue weighted by Crippen LogP contribution is -2.07. The zero-order valence-corrected chi connectivity index (χ0v) is 16.1. The summed E-state index contributed by atoms with van der Waals surface area (Å²) in [6.45, 7) is 1.80. The zero-order valence-electron chi connectivity index (χ0n) is 16.1. The van der Waals surface area contributed by atoms with E-state index in [1.165, 1.54) is 0 Å². The molecule has 0 saturated carbocycles. The lowest BCUT2D eigenvalue weighted by Gasteiger charge is -2.11. The normalized spacial score (nSPS) is 9.61. The van der Waals surface area contributed by atoms with Gasteiger partial charge in [0.1, 0.15) is 17.7 Å². The Balaban J connectivity index is 1.90. The van der Waals surface area contributed by atoms with Gasteiger partial charge in [-0.25, -0.2) is 0 Å². The summed E-state index contributed by atoms with van der Waals surface area (Å²) in [6.07, 6.45) is 0. The van der Waals surface area contributed by atoms with Crippen LogP contribution in [0, 0.1) is 34.5 Å². The van der Waals surface area contributed by atoms with Crippen LogP contribution in [0.3, 0.4) is 0 Å². The SMILES string of the molecule is CC(=C(C#N)C#N)c1ccc2cc(C#Cc3ccc(N(C)C)cc3)ccc2c1. The molecule has 0 fully saturated rings. The average Bonchev–Trinajstić information content (AvgIpc) is 2.72. The van der Waals surface area contributed by atoms with Crippen molar-refractivity contribution in [3.8, 4) is 24.0 Å². The van der Waals surface area contributed by atoms with Gasteiger partial charge >= 0.3 is 0 Å². The summed E-state index contributed by atoms with van der Waals surface area (Å²) in [5.41, 5.74) is 4.78. The Kier molecular flexibility index (Phi) is 5.45. The quantitative estimate of drug-likeness (QED) is 0.470. The third kappa shape index (κ3) is 4.04. The number of rotatable bonds is 2. The molecule has 3 aromatic carbocycles. The van der Waals surface area contributed by atoms with E-state index in [1.54, 1.807) is 6.92 Å². The topological polar surface area (TPSA) is 50.8 Å². The minimum Gasteiger partial charge on any atom is -0.378 e. The molecular weight excluding hydrogens is 342 g/mol. The van der Waals surface area contributed by atoms with E-state index < -0.39 is 0 Å². The van der Waals surface area contributed by atoms with E-state index in [2.05, 4.69) is 34.9 Å². The van der Waals surface area contributed by atoms with Gasteiger partial charge in [-0.05, 0) is 71.3 Å². The van der Waals surface area contributed by atoms with Crippen LogP contribution in [0.2, 0.25) is 0 Å². The fourth-order valence-corrected chi connectivity index (χ4v) is 2.88. The van der Waals surface area contributed by atoms with Crippen molar-refractivity contribution in [2.45, 2.75) is 6.92 Å². The number of hydrogen-bond acceptors (Lipinski definition) is 3. The van der Waals surface area contributed by atoms with Crippen LogP contribution in [0.25, 0.3) is 16.3 Å². The second-order valence-corrected chi connectivity index (χ2v) is 6.69. The molecule has 3 heteroatoms. The highest BCUT2D eigenvalue weighted by atomic mass is 15.1. The second-order valence-electron chi connectivity index (χ2n) is 6.69. The largest absolute Gasteiger partial charge is 0.378 e. The van der Waals surface area contributed by atoms with Crippen molar-refractivity contribution in [1.29, 1.82) is 10.5 Å². The van der Waals surface area contributed by atoms with Crippen molar-refractivity contribution >= 4 is 22.0 Å². The maximum absolute atomic E-state index is 9.05. The van der Waals surface area contributed by atoms with Crippen molar-refractivity contribution in [3.05, 3.63) is 82.9 Å². The number of allylic oxidation sites excluding steroid dienone is 2. The lowest BCUT2D eigenvalue weighted by atomic mass is 9.98. The summed E-state index contributed by atoms with van der Waals surface area (Å²) in [5.74, 6) is 6.42. The van der Waals surface area contributed by atoms with E-state index in [9.17, 15) is 0 Å². The number of benzene rings is 3. The molecule has 0 unspecified atom stereocenters. The number of nitrogens with zero attached hydrogens (tertiary/aromatic N) is 3. The molecule has 28 heavy (non-hydrogen) atoms. The minimum absolute atomic E-state index is 0.141. The maximum Gasteiger partial charge on any atom is 0.133 e. The number of hydrogen-bond donors (Lipinski definition) is 0. The zero-order chi connectivity index (χ0) is 20.1. The second kappa shape index (κ2) is 8.13. The maximum atomic E-state index is 9.05. The first-order valence-corrected chi connectivity index (χ1v) is 8.86. The number of anilines is 1. The Morgan fingerprint density at radius 2 is 1.32 bits per heavy atom. The summed E-state index contributed by atoms with van der Waals surface area (Å²) in [5, 5.41) is 20.2. The molecule has 0 heterocycles. The van der Waals surface area contributed by atoms with Crippen molar-refractivity contribution in [3.63, 3.8) is 0 Å². The van der Waals surface area contributed by atoms with Crippen LogP contribution in [-0.2, 0) is 0 Å². The predicted molar refractivity (Wildman–Crippen MR) is 115 cm³/mol. The highest BCUT2D eigenvalue weighted by Gasteiger charge is 2.05. The Morgan fingerprint density at radius 3 is 1.96 bits per heavy atom. The average molecular weight is 361 g/mol. The van der Waals surface area contributed by atoms with Gasteiger partial charge in [-0.1, -0.05) is 30.0 Å². The molecule has 0 aliphatic heterocycles. The molecule has 3 nitrogen and oxygen atoms in total. The van der Waals surface area contributed by atoms with E-state index in [0.29, 0.717) is 5.57 Å². The fourth-order valence-electron chi connectivity index (χ4n) is 2.88. The van der Waals surface area contributed by atoms with E-state index in [4.69, 9.17) is 10.5 Å². The van der Waals surface area contributed by atoms with E-state index >= 15 is 0 Å². The number of fused-ring (bicyclic) bond motifs is 1. The Labute approximate surface area is 165 Å². The monoisotopic (exact) mass is 361 g/mol. The van der Waals surface area contributed by atoms with Crippen molar-refractivity contribution in [2.75, 3.05) is 19.0 Å². The van der Waals surface area contributed by atoms with Crippen molar-refractivity contribution in [2.24, 2.45) is 0 Å². The molecule has 0 saturated heterocycles. The summed E-state index contributed by atoms with van der Waals surface area (Å²) in [6, 6.07) is 24.0. The van der Waals surface area contributed by atoms with E-state index in [0.717, 1.165) is 33.2 Å². The molecular formula is C25H19N3. The highest BCUT2D eigenvalue weighted by Crippen LogP contribution is 2.24. The molecule has 0 N–H and O–H groups in total. The van der Waals surface area contributed by atoms with Gasteiger partial charge < -0.3 is 4.90 Å². The van der Waals surface area contributed by atoms with Gasteiger partial charge in [-0.3, -0.25) is 0 Å². The summed E-state index contributed by atoms with van der Waals surface area (Å²) < 4.78 is 0. The van der Waals surface area contributed by atoms with E-state index in [-0.39, 0.29) is 5.57 Å². The Hall–Kier alpha value is -4.00. The molecule has 134 valence electrons. The molecule has 3 aromatic rings. The molecule has 3 rings (SSSR count). The van der Waals surface area contributed by atoms with E-state index in [1.807, 2.05) is 68.7 Å². The summed E-state index contributed by atoms with van der Waals surface area (Å²) in [7, 11) is 4.03. The number of nitriles is 2. The molecule has 0 aliphatic carbocycles. The van der Waals surface area contributed by atoms with Crippen LogP contribution in [0.5, 0.6) is 0 Å². The van der Waals surface area contributed by atoms with Crippen LogP contribution in [-0.4, -0.2) is 14.1 Å². The fraction of sp³-hybridized carbons (Fsp3) is 0.120. The van der Waals surface area contributed by atoms with Gasteiger partial charge in [0.25, 0.3) is 0 Å². The Morgan fingerprint density at radius 1 is 0.750 bits per heavy atom. The van der Waals surface area contributed by atoms with Gasteiger partial charge in [0.05, 0.1) is 0 Å². The predicted octanol–water partition coefficient (Wildman–Crippen LogP) is 5.13. The first kappa shape index (κ1) is 18.8. The van der Waals surface area contributed by atoms with Crippen LogP contribution in [0.1, 0.15) is 23.6 Å². The minimum atomic E-state index is 0.141. The van der Waals surface area contributed by atoms with Crippen LogP contribution >= 0.6 is 0 Å². The molecule has 0 spiro atoms. The van der Waals surface area contributed by atoms with Crippen molar-refractivity contribution < 1.29 is 0 Å². The molecule has 0 aliphatic rings. The third-order valence-electron chi connectivity index (χ3n) is 4.61. The molecule has 0 atom stereocenters. The van der Waals surface area contributed by atoms with Gasteiger partial charge in [0.2, 0.25) is 0 Å². The van der Waals surface area contributed by atoms with Crippen LogP contribution in [0.15, 0.2) is 66.2 Å². The Bertz CT molecular complexity index is 1190. The van der Waals surface area contributed by atoms with Gasteiger partial charge in [0.15, 0.2) is 0 Å². The molecule has 0 amide bonds. The summed E-state index contributed by atoms with van der Waals surface area (Å²) in [4.78, 5) is 2.06. The highest BCUT2D eigenvalue weighted by molar-refractivity contribution is 5.88. The first-order valence-electron chi connectivity index (χ1n) is 8.86. The summed E-state index contributed by atoms with van der Waals surface area (Å²) >= 11 is 0. The van der Waals surface area contributed by atoms with Crippen molar-refractivity contribution in [1.82, 2.24) is 0 Å². The molecule has 0 bridgehead atoms. The van der Waals surface area contributed by atoms with Gasteiger partial charge in [-0.2, -0.15) is 10.5 Å². The molecule has 0 aromatic heterocycles. The smallest absolute Gasteiger partial charge is 0.133 e. The van der Waals surface area contributed by atoms with Crippen LogP contribution in [0.4, 0.5) is 5.69 Å². The third-order valence-corrected chi connectivity index (χ3v) is 4.61. The van der Waals surface area contributed by atoms with Crippen LogP contribution < -0.4 is 4.90 Å². The first-order chi connectivity index (χ1) is 13.5. The van der Waals surface area contributed by atoms with Gasteiger partial charge in [-0.15, -0.1) is 0 Å². The van der Waals surface area contributed by atoms with Gasteiger partial charge in [0, 0.05) is 30.9 Å². The molecule has 0 radical (unpaired) electrons. The lowest BCUT2D eigenvalue weighted by molar-refractivity contribution is 1.13. The standard InChI is InChI=1S/C25H19N3/c1-18(24(16-26)17-27)21-10-11-22-14-20(6-9-23(22)15-21)5-4-19-7-12-25(13-8-19)28(2)3/h6-15H,1-3H3.